The van der Waals surface area contributed by atoms with Gasteiger partial charge in [0.2, 0.25) is 0 Å². The van der Waals surface area contributed by atoms with E-state index in [1.807, 2.05) is 6.92 Å². The largest absolute Gasteiger partial charge is 0.295 e. The predicted molar refractivity (Wildman–Crippen MR) is 83.1 cm³/mol. The number of rotatable bonds is 1. The molecule has 1 aromatic rings. The van der Waals surface area contributed by atoms with Gasteiger partial charge in [-0.3, -0.25) is 4.79 Å². The molecule has 2 aliphatic carbocycles. The topological polar surface area (TPSA) is 17.1 Å². The summed E-state index contributed by atoms with van der Waals surface area (Å²) in [4.78, 5) is 12.0. The molecular weight excluding hydrogens is 244 g/mol. The first-order valence-corrected chi connectivity index (χ1v) is 7.80. The number of hydrogen-bond donors (Lipinski definition) is 0. The number of allylic oxidation sites excluding steroid dienone is 2. The summed E-state index contributed by atoms with van der Waals surface area (Å²) in [5.74, 6) is 0.944. The molecule has 0 radical (unpaired) electrons. The SMILES string of the molecule is CC1=C2CCc3cc(C(C)C)ccc3C2(C)CCC1=O. The lowest BCUT2D eigenvalue weighted by Gasteiger charge is -2.42. The second-order valence-corrected chi connectivity index (χ2v) is 6.93. The third kappa shape index (κ3) is 1.87. The first-order chi connectivity index (χ1) is 9.43. The van der Waals surface area contributed by atoms with Gasteiger partial charge in [0.25, 0.3) is 0 Å². The van der Waals surface area contributed by atoms with Crippen molar-refractivity contribution in [3.63, 3.8) is 0 Å². The highest BCUT2D eigenvalue weighted by molar-refractivity contribution is 5.97. The van der Waals surface area contributed by atoms with Gasteiger partial charge in [-0.2, -0.15) is 0 Å². The van der Waals surface area contributed by atoms with Crippen LogP contribution in [0.5, 0.6) is 0 Å². The predicted octanol–water partition coefficient (Wildman–Crippen LogP) is 4.69. The number of aryl methyl sites for hydroxylation is 1. The van der Waals surface area contributed by atoms with E-state index in [-0.39, 0.29) is 5.41 Å². The van der Waals surface area contributed by atoms with Crippen molar-refractivity contribution in [2.45, 2.75) is 64.7 Å². The Labute approximate surface area is 122 Å². The normalized spacial score (nSPS) is 25.8. The van der Waals surface area contributed by atoms with Gasteiger partial charge in [-0.15, -0.1) is 0 Å². The van der Waals surface area contributed by atoms with Gasteiger partial charge < -0.3 is 0 Å². The smallest absolute Gasteiger partial charge is 0.158 e. The number of ketones is 1. The minimum atomic E-state index is 0.0983. The van der Waals surface area contributed by atoms with Crippen LogP contribution in [0.15, 0.2) is 29.3 Å². The summed E-state index contributed by atoms with van der Waals surface area (Å²) < 4.78 is 0. The maximum atomic E-state index is 12.0. The van der Waals surface area contributed by atoms with Gasteiger partial charge >= 0.3 is 0 Å². The quantitative estimate of drug-likeness (QED) is 0.722. The molecule has 1 heteroatoms. The Kier molecular flexibility index (Phi) is 3.12. The molecule has 0 saturated carbocycles. The summed E-state index contributed by atoms with van der Waals surface area (Å²) in [6, 6.07) is 7.00. The van der Waals surface area contributed by atoms with Crippen LogP contribution < -0.4 is 0 Å². The fourth-order valence-electron chi connectivity index (χ4n) is 4.02. The van der Waals surface area contributed by atoms with E-state index in [4.69, 9.17) is 0 Å². The van der Waals surface area contributed by atoms with Crippen LogP contribution in [0.2, 0.25) is 0 Å². The Morgan fingerprint density at radius 2 is 1.90 bits per heavy atom. The molecular formula is C19H24O. The first kappa shape index (κ1) is 13.6. The highest BCUT2D eigenvalue weighted by Crippen LogP contribution is 2.48. The van der Waals surface area contributed by atoms with E-state index in [2.05, 4.69) is 39.0 Å². The summed E-state index contributed by atoms with van der Waals surface area (Å²) in [6.45, 7) is 8.87. The Morgan fingerprint density at radius 1 is 1.15 bits per heavy atom. The van der Waals surface area contributed by atoms with Crippen molar-refractivity contribution in [3.05, 3.63) is 46.0 Å². The Hall–Kier alpha value is -1.37. The maximum Gasteiger partial charge on any atom is 0.158 e. The second kappa shape index (κ2) is 4.58. The van der Waals surface area contributed by atoms with E-state index in [9.17, 15) is 4.79 Å². The number of fused-ring (bicyclic) bond motifs is 3. The van der Waals surface area contributed by atoms with E-state index in [0.29, 0.717) is 18.1 Å². The highest BCUT2D eigenvalue weighted by atomic mass is 16.1. The fraction of sp³-hybridized carbons (Fsp3) is 0.526. The molecule has 0 spiro atoms. The van der Waals surface area contributed by atoms with E-state index < -0.39 is 0 Å². The number of carbonyl (C=O) groups is 1. The van der Waals surface area contributed by atoms with Crippen molar-refractivity contribution < 1.29 is 4.79 Å². The first-order valence-electron chi connectivity index (χ1n) is 7.80. The van der Waals surface area contributed by atoms with Gasteiger partial charge in [-0.05, 0) is 54.4 Å². The van der Waals surface area contributed by atoms with Crippen LogP contribution in [0, 0.1) is 0 Å². The molecule has 1 aromatic carbocycles. The minimum absolute atomic E-state index is 0.0983. The molecule has 0 fully saturated rings. The summed E-state index contributed by atoms with van der Waals surface area (Å²) in [6.07, 6.45) is 3.83. The van der Waals surface area contributed by atoms with Crippen molar-refractivity contribution in [1.29, 1.82) is 0 Å². The molecule has 0 amide bonds. The molecule has 0 saturated heterocycles. The van der Waals surface area contributed by atoms with E-state index in [1.165, 1.54) is 22.3 Å². The van der Waals surface area contributed by atoms with Crippen molar-refractivity contribution in [3.8, 4) is 0 Å². The van der Waals surface area contributed by atoms with E-state index in [1.54, 1.807) is 0 Å². The molecule has 0 aliphatic heterocycles. The van der Waals surface area contributed by atoms with E-state index >= 15 is 0 Å². The molecule has 0 heterocycles. The van der Waals surface area contributed by atoms with Gasteiger partial charge in [0.1, 0.15) is 0 Å². The lowest BCUT2D eigenvalue weighted by atomic mass is 9.61. The van der Waals surface area contributed by atoms with Gasteiger partial charge in [-0.1, -0.05) is 44.5 Å². The van der Waals surface area contributed by atoms with Crippen molar-refractivity contribution in [2.75, 3.05) is 0 Å². The molecule has 1 atom stereocenters. The lowest BCUT2D eigenvalue weighted by Crippen LogP contribution is -2.36. The Morgan fingerprint density at radius 3 is 2.60 bits per heavy atom. The van der Waals surface area contributed by atoms with Crippen LogP contribution in [-0.2, 0) is 16.6 Å². The zero-order valence-corrected chi connectivity index (χ0v) is 13.0. The Balaban J connectivity index is 2.14. The fourth-order valence-corrected chi connectivity index (χ4v) is 4.02. The van der Waals surface area contributed by atoms with Gasteiger partial charge in [0.15, 0.2) is 5.78 Å². The summed E-state index contributed by atoms with van der Waals surface area (Å²) in [7, 11) is 0. The van der Waals surface area contributed by atoms with Gasteiger partial charge in [0.05, 0.1) is 0 Å². The molecule has 2 aliphatic rings. The number of benzene rings is 1. The summed E-state index contributed by atoms with van der Waals surface area (Å²) in [5, 5.41) is 0. The van der Waals surface area contributed by atoms with Crippen LogP contribution >= 0.6 is 0 Å². The number of Topliss-reactive ketones (excluding diaryl/α,β-unsaturated/α-hetero) is 1. The zero-order valence-electron chi connectivity index (χ0n) is 13.0. The minimum Gasteiger partial charge on any atom is -0.295 e. The van der Waals surface area contributed by atoms with Crippen LogP contribution in [0.3, 0.4) is 0 Å². The molecule has 3 rings (SSSR count). The Bertz CT molecular complexity index is 606. The maximum absolute atomic E-state index is 12.0. The van der Waals surface area contributed by atoms with Gasteiger partial charge in [0, 0.05) is 11.8 Å². The zero-order chi connectivity index (χ0) is 14.5. The van der Waals surface area contributed by atoms with Crippen molar-refractivity contribution >= 4 is 5.78 Å². The third-order valence-corrected chi connectivity index (χ3v) is 5.42. The van der Waals surface area contributed by atoms with E-state index in [0.717, 1.165) is 24.8 Å². The van der Waals surface area contributed by atoms with Crippen LogP contribution in [-0.4, -0.2) is 5.78 Å². The molecule has 1 nitrogen and oxygen atoms in total. The lowest BCUT2D eigenvalue weighted by molar-refractivity contribution is -0.116. The molecule has 20 heavy (non-hydrogen) atoms. The number of hydrogen-bond acceptors (Lipinski definition) is 1. The summed E-state index contributed by atoms with van der Waals surface area (Å²) >= 11 is 0. The summed E-state index contributed by atoms with van der Waals surface area (Å²) in [5.41, 5.74) is 6.94. The van der Waals surface area contributed by atoms with Crippen LogP contribution in [0.1, 0.15) is 69.6 Å². The van der Waals surface area contributed by atoms with Crippen LogP contribution in [0.25, 0.3) is 0 Å². The number of carbonyl (C=O) groups excluding carboxylic acids is 1. The highest BCUT2D eigenvalue weighted by Gasteiger charge is 2.40. The molecule has 0 N–H and O–H groups in total. The molecule has 1 unspecified atom stereocenters. The van der Waals surface area contributed by atoms with Gasteiger partial charge in [-0.25, -0.2) is 0 Å². The third-order valence-electron chi connectivity index (χ3n) is 5.42. The average molecular weight is 268 g/mol. The standard InChI is InChI=1S/C19H24O/c1-12(2)14-5-8-17-15(11-14)6-7-16-13(3)18(20)9-10-19(16,17)4/h5,8,11-12H,6-7,9-10H2,1-4H3. The molecule has 106 valence electrons. The van der Waals surface area contributed by atoms with Crippen LogP contribution in [0.4, 0.5) is 0 Å². The second-order valence-electron chi connectivity index (χ2n) is 6.93. The van der Waals surface area contributed by atoms with Crippen molar-refractivity contribution in [2.24, 2.45) is 0 Å². The van der Waals surface area contributed by atoms with Crippen molar-refractivity contribution in [1.82, 2.24) is 0 Å². The molecule has 0 bridgehead atoms. The average Bonchev–Trinajstić information content (AvgIpc) is 2.43. The monoisotopic (exact) mass is 268 g/mol. The molecule has 0 aromatic heterocycles.